The van der Waals surface area contributed by atoms with E-state index >= 15 is 0 Å². The second-order valence-corrected chi connectivity index (χ2v) is 5.60. The number of carbonyl (C=O) groups excluding carboxylic acids is 1. The van der Waals surface area contributed by atoms with E-state index in [4.69, 9.17) is 4.74 Å². The van der Waals surface area contributed by atoms with Crippen LogP contribution in [-0.2, 0) is 16.3 Å². The fourth-order valence-corrected chi connectivity index (χ4v) is 1.44. The quantitative estimate of drug-likeness (QED) is 0.444. The Bertz CT molecular complexity index is 803. The molecule has 0 bridgehead atoms. The lowest BCUT2D eigenvalue weighted by Gasteiger charge is -2.16. The van der Waals surface area contributed by atoms with E-state index in [0.29, 0.717) is 0 Å². The third-order valence-electron chi connectivity index (χ3n) is 2.68. The predicted molar refractivity (Wildman–Crippen MR) is 75.6 cm³/mol. The maximum Gasteiger partial charge on any atom is 0.491 e. The smallest absolute Gasteiger partial charge is 0.443 e. The second kappa shape index (κ2) is 5.94. The zero-order valence-electron chi connectivity index (χ0n) is 12.7. The highest BCUT2D eigenvalue weighted by atomic mass is 16.6. The molecule has 0 aliphatic rings. The fraction of sp³-hybridized carbons (Fsp3) is 0.417. The monoisotopic (exact) mass is 325 g/mol. The molecule has 0 N–H and O–H groups in total. The summed E-state index contributed by atoms with van der Waals surface area (Å²) in [6, 6.07) is 1.39. The summed E-state index contributed by atoms with van der Waals surface area (Å²) in [6.07, 6.45) is 2.41. The number of nitro groups is 1. The standard InChI is InChI=1S/C12H14N6O5/c1-12(2,3)9(19)23-7-16-5-4-8(14-11(16)20)17-6-13-10(15-17)18(21)22/h4-6H,7H2,1-3H3/i5+1,14+1,16+1. The number of rotatable bonds is 4. The molecule has 11 nitrogen and oxygen atoms in total. The van der Waals surface area contributed by atoms with Gasteiger partial charge in [0.25, 0.3) is 0 Å². The molecule has 2 aromatic rings. The van der Waals surface area contributed by atoms with E-state index in [2.05, 4.69) is 15.1 Å². The van der Waals surface area contributed by atoms with Gasteiger partial charge in [0.15, 0.2) is 12.5 Å². The highest BCUT2D eigenvalue weighted by molar-refractivity contribution is 5.75. The number of nitrogens with zero attached hydrogens (tertiary/aromatic N) is 6. The van der Waals surface area contributed by atoms with Crippen molar-refractivity contribution in [1.29, 1.82) is 0 Å². The molecule has 2 aromatic heterocycles. The largest absolute Gasteiger partial charge is 0.491 e. The Morgan fingerprint density at radius 1 is 1.43 bits per heavy atom. The van der Waals surface area contributed by atoms with E-state index in [0.717, 1.165) is 15.6 Å². The molecule has 122 valence electrons. The van der Waals surface area contributed by atoms with Crippen LogP contribution >= 0.6 is 0 Å². The van der Waals surface area contributed by atoms with Gasteiger partial charge < -0.3 is 14.9 Å². The van der Waals surface area contributed by atoms with E-state index in [9.17, 15) is 19.7 Å². The number of carbonyl (C=O) groups is 1. The molecule has 2 rings (SSSR count). The minimum absolute atomic E-state index is 0.0639. The summed E-state index contributed by atoms with van der Waals surface area (Å²) in [4.78, 5) is 40.5. The van der Waals surface area contributed by atoms with E-state index < -0.39 is 27.9 Å². The van der Waals surface area contributed by atoms with Crippen LogP contribution in [-0.4, -0.2) is 35.2 Å². The van der Waals surface area contributed by atoms with Gasteiger partial charge in [-0.25, -0.2) is 4.79 Å². The lowest BCUT2D eigenvalue weighted by molar-refractivity contribution is -0.394. The van der Waals surface area contributed by atoms with E-state index in [1.165, 1.54) is 12.3 Å². The Balaban J connectivity index is 2.16. The summed E-state index contributed by atoms with van der Waals surface area (Å²) >= 11 is 0. The summed E-state index contributed by atoms with van der Waals surface area (Å²) in [5, 5.41) is 14.1. The molecule has 0 saturated heterocycles. The van der Waals surface area contributed by atoms with Gasteiger partial charge in [-0.15, -0.1) is 4.68 Å². The molecule has 0 aromatic carbocycles. The first-order valence-corrected chi connectivity index (χ1v) is 6.49. The number of ether oxygens (including phenoxy) is 1. The third kappa shape index (κ3) is 3.75. The lowest BCUT2D eigenvalue weighted by Crippen LogP contribution is -2.29. The maximum absolute atomic E-state index is 11.9. The van der Waals surface area contributed by atoms with Crippen molar-refractivity contribution in [3.63, 3.8) is 0 Å². The molecule has 0 fully saturated rings. The number of hydrogen-bond acceptors (Lipinski definition) is 8. The lowest BCUT2D eigenvalue weighted by atomic mass is 9.98. The Morgan fingerprint density at radius 3 is 2.65 bits per heavy atom. The van der Waals surface area contributed by atoms with Gasteiger partial charge in [0, 0.05) is 17.4 Å². The Labute approximate surface area is 129 Å². The summed E-state index contributed by atoms with van der Waals surface area (Å²) < 4.78 is 7.10. The van der Waals surface area contributed by atoms with Gasteiger partial charge in [0.05, 0.1) is 5.41 Å². The minimum Gasteiger partial charge on any atom is -0.443 e. The molecule has 0 spiro atoms. The van der Waals surface area contributed by atoms with E-state index in [1.54, 1.807) is 20.8 Å². The van der Waals surface area contributed by atoms with Gasteiger partial charge >= 0.3 is 17.6 Å². The van der Waals surface area contributed by atoms with Gasteiger partial charge in [0.2, 0.25) is 6.33 Å². The van der Waals surface area contributed by atoms with Crippen LogP contribution < -0.4 is 5.69 Å². The molecule has 2 heterocycles. The Hall–Kier alpha value is -3.11. The van der Waals surface area contributed by atoms with Crippen molar-refractivity contribution in [2.24, 2.45) is 5.41 Å². The first-order valence-electron chi connectivity index (χ1n) is 6.49. The van der Waals surface area contributed by atoms with Crippen LogP contribution in [0.25, 0.3) is 5.82 Å². The van der Waals surface area contributed by atoms with E-state index in [1.807, 2.05) is 0 Å². The van der Waals surface area contributed by atoms with Crippen LogP contribution in [0.1, 0.15) is 20.8 Å². The molecule has 0 aliphatic heterocycles. The van der Waals surface area contributed by atoms with Crippen molar-refractivity contribution in [2.75, 3.05) is 0 Å². The Kier molecular flexibility index (Phi) is 4.20. The number of esters is 1. The van der Waals surface area contributed by atoms with Crippen LogP contribution in [0.3, 0.4) is 0 Å². The van der Waals surface area contributed by atoms with Gasteiger partial charge in [-0.05, 0) is 25.7 Å². The zero-order valence-corrected chi connectivity index (χ0v) is 12.7. The molecule has 0 aliphatic carbocycles. The van der Waals surface area contributed by atoms with Crippen LogP contribution in [0.15, 0.2) is 23.4 Å². The molecule has 23 heavy (non-hydrogen) atoms. The van der Waals surface area contributed by atoms with E-state index in [-0.39, 0.29) is 12.5 Å². The average molecular weight is 325 g/mol. The summed E-state index contributed by atoms with van der Waals surface area (Å²) in [5.41, 5.74) is -1.38. The van der Waals surface area contributed by atoms with Crippen molar-refractivity contribution in [2.45, 2.75) is 27.5 Å². The van der Waals surface area contributed by atoms with Gasteiger partial charge in [0.1, 0.15) is 0 Å². The summed E-state index contributed by atoms with van der Waals surface area (Å²) in [5.74, 6) is -0.996. The van der Waals surface area contributed by atoms with Crippen LogP contribution in [0.2, 0.25) is 0 Å². The molecule has 11 heteroatoms. The molecule has 0 unspecified atom stereocenters. The Morgan fingerprint density at radius 2 is 2.13 bits per heavy atom. The van der Waals surface area contributed by atoms with Crippen LogP contribution in [0.4, 0.5) is 5.95 Å². The van der Waals surface area contributed by atoms with Crippen molar-refractivity contribution in [3.05, 3.63) is 39.2 Å². The molecular weight excluding hydrogens is 311 g/mol. The van der Waals surface area contributed by atoms with Crippen LogP contribution in [0, 0.1) is 15.5 Å². The molecular formula is C12H14N6O5. The molecule has 0 radical (unpaired) electrons. The van der Waals surface area contributed by atoms with Crippen LogP contribution in [0.5, 0.6) is 0 Å². The zero-order chi connectivity index (χ0) is 17.2. The topological polar surface area (TPSA) is 135 Å². The summed E-state index contributed by atoms with van der Waals surface area (Å²) in [6.45, 7) is 4.80. The van der Waals surface area contributed by atoms with Crippen molar-refractivity contribution in [1.82, 2.24) is 24.3 Å². The maximum atomic E-state index is 11.9. The highest BCUT2D eigenvalue weighted by Crippen LogP contribution is 2.15. The van der Waals surface area contributed by atoms with Crippen molar-refractivity contribution in [3.8, 4) is 5.82 Å². The number of hydrogen-bond donors (Lipinski definition) is 0. The van der Waals surface area contributed by atoms with Crippen molar-refractivity contribution < 1.29 is 14.5 Å². The first kappa shape index (κ1) is 16.3. The second-order valence-electron chi connectivity index (χ2n) is 5.60. The predicted octanol–water partition coefficient (Wildman–Crippen LogP) is 0.279. The molecule has 0 atom stereocenters. The number of aromatic nitrogens is 5. The minimum atomic E-state index is -0.760. The SMILES string of the molecule is CC(C)(C)C(=O)OC[15n]1[13cH]cc(-n2cnc([N+](=O)[O-])n2)[15n]c1=O. The fourth-order valence-electron chi connectivity index (χ4n) is 1.44. The van der Waals surface area contributed by atoms with Gasteiger partial charge in [-0.2, -0.15) is 4.98 Å². The molecule has 0 saturated carbocycles. The average Bonchev–Trinajstić information content (AvgIpc) is 2.94. The molecule has 0 amide bonds. The van der Waals surface area contributed by atoms with Crippen molar-refractivity contribution >= 4 is 11.9 Å². The first-order chi connectivity index (χ1) is 10.7. The van der Waals surface area contributed by atoms with Gasteiger partial charge in [-0.3, -0.25) is 9.36 Å². The van der Waals surface area contributed by atoms with Gasteiger partial charge in [-0.1, -0.05) is 4.98 Å². The highest BCUT2D eigenvalue weighted by Gasteiger charge is 2.23. The third-order valence-corrected chi connectivity index (χ3v) is 2.68. The normalized spacial score (nSPS) is 11.3. The summed E-state index contributed by atoms with van der Waals surface area (Å²) in [7, 11) is 0.